The number of carboxylic acids is 1. The molecule has 0 saturated carbocycles. The maximum atomic E-state index is 10.7. The Morgan fingerprint density at radius 2 is 2.31 bits per heavy atom. The third-order valence-corrected chi connectivity index (χ3v) is 3.26. The standard InChI is InChI=1S/C10H14N2O3S/c1-6(4-13)5-16-9-7(11)2-3-8(12-9)10(14)15/h2-3,6,13H,4-5,11H2,1H3,(H,14,15). The van der Waals surface area contributed by atoms with Gasteiger partial charge in [0.15, 0.2) is 0 Å². The van der Waals surface area contributed by atoms with Crippen LogP contribution in [0.15, 0.2) is 17.2 Å². The molecule has 1 rings (SSSR count). The van der Waals surface area contributed by atoms with Crippen molar-refractivity contribution < 1.29 is 15.0 Å². The monoisotopic (exact) mass is 242 g/mol. The summed E-state index contributed by atoms with van der Waals surface area (Å²) in [5.74, 6) is -0.298. The van der Waals surface area contributed by atoms with Crippen LogP contribution in [0, 0.1) is 5.92 Å². The number of carboxylic acid groups (broad SMARTS) is 1. The highest BCUT2D eigenvalue weighted by Crippen LogP contribution is 2.24. The molecular weight excluding hydrogens is 228 g/mol. The first-order valence-electron chi connectivity index (χ1n) is 4.78. The summed E-state index contributed by atoms with van der Waals surface area (Å²) < 4.78 is 0. The lowest BCUT2D eigenvalue weighted by Gasteiger charge is -2.08. The van der Waals surface area contributed by atoms with Crippen molar-refractivity contribution in [1.82, 2.24) is 4.98 Å². The number of carbonyl (C=O) groups is 1. The van der Waals surface area contributed by atoms with E-state index in [1.165, 1.54) is 23.9 Å². The molecule has 1 aromatic rings. The Balaban J connectivity index is 2.78. The van der Waals surface area contributed by atoms with Crippen LogP contribution in [0.5, 0.6) is 0 Å². The summed E-state index contributed by atoms with van der Waals surface area (Å²) in [7, 11) is 0. The lowest BCUT2D eigenvalue weighted by molar-refractivity contribution is 0.0690. The number of aliphatic hydroxyl groups excluding tert-OH is 1. The fourth-order valence-electron chi connectivity index (χ4n) is 0.960. The number of nitrogen functional groups attached to an aromatic ring is 1. The molecule has 6 heteroatoms. The van der Waals surface area contributed by atoms with Gasteiger partial charge in [-0.25, -0.2) is 9.78 Å². The van der Waals surface area contributed by atoms with Crippen LogP contribution in [0.2, 0.25) is 0 Å². The number of thioether (sulfide) groups is 1. The van der Waals surface area contributed by atoms with Crippen LogP contribution >= 0.6 is 11.8 Å². The minimum absolute atomic E-state index is 0.0200. The molecule has 5 nitrogen and oxygen atoms in total. The van der Waals surface area contributed by atoms with Crippen LogP contribution in [-0.4, -0.2) is 33.5 Å². The summed E-state index contributed by atoms with van der Waals surface area (Å²) in [6, 6.07) is 2.90. The molecule has 0 amide bonds. The average Bonchev–Trinajstić information content (AvgIpc) is 2.27. The maximum absolute atomic E-state index is 10.7. The van der Waals surface area contributed by atoms with Gasteiger partial charge >= 0.3 is 5.97 Å². The highest BCUT2D eigenvalue weighted by atomic mass is 32.2. The molecule has 1 heterocycles. The molecule has 0 radical (unpaired) electrons. The van der Waals surface area contributed by atoms with Gasteiger partial charge in [-0.05, 0) is 18.1 Å². The van der Waals surface area contributed by atoms with Gasteiger partial charge in [0.05, 0.1) is 5.69 Å². The molecule has 0 aliphatic heterocycles. The van der Waals surface area contributed by atoms with E-state index >= 15 is 0 Å². The summed E-state index contributed by atoms with van der Waals surface area (Å²) in [4.78, 5) is 14.6. The van der Waals surface area contributed by atoms with E-state index in [-0.39, 0.29) is 18.2 Å². The number of hydrogen-bond acceptors (Lipinski definition) is 5. The lowest BCUT2D eigenvalue weighted by Crippen LogP contribution is -2.06. The molecular formula is C10H14N2O3S. The zero-order chi connectivity index (χ0) is 12.1. The minimum Gasteiger partial charge on any atom is -0.477 e. The Hall–Kier alpha value is -1.27. The van der Waals surface area contributed by atoms with Gasteiger partial charge in [0.2, 0.25) is 0 Å². The number of nitrogens with zero attached hydrogens (tertiary/aromatic N) is 1. The van der Waals surface area contributed by atoms with Crippen molar-refractivity contribution >= 4 is 23.4 Å². The quantitative estimate of drug-likeness (QED) is 0.669. The molecule has 0 aromatic carbocycles. The van der Waals surface area contributed by atoms with Crippen LogP contribution in [0.1, 0.15) is 17.4 Å². The van der Waals surface area contributed by atoms with Crippen LogP contribution in [-0.2, 0) is 0 Å². The number of aliphatic hydroxyl groups is 1. The van der Waals surface area contributed by atoms with E-state index in [0.717, 1.165) is 0 Å². The zero-order valence-electron chi connectivity index (χ0n) is 8.88. The topological polar surface area (TPSA) is 96.4 Å². The first-order chi connectivity index (χ1) is 7.54. The minimum atomic E-state index is -1.07. The molecule has 4 N–H and O–H groups in total. The van der Waals surface area contributed by atoms with E-state index in [4.69, 9.17) is 15.9 Å². The molecule has 16 heavy (non-hydrogen) atoms. The summed E-state index contributed by atoms with van der Waals surface area (Å²) >= 11 is 1.35. The van der Waals surface area contributed by atoms with Crippen molar-refractivity contribution in [1.29, 1.82) is 0 Å². The number of aromatic carboxylic acids is 1. The summed E-state index contributed by atoms with van der Waals surface area (Å²) in [6.45, 7) is 1.98. The molecule has 1 atom stereocenters. The van der Waals surface area contributed by atoms with Crippen molar-refractivity contribution in [3.05, 3.63) is 17.8 Å². The van der Waals surface area contributed by atoms with Gasteiger partial charge in [-0.15, -0.1) is 11.8 Å². The van der Waals surface area contributed by atoms with Crippen molar-refractivity contribution in [2.24, 2.45) is 5.92 Å². The highest BCUT2D eigenvalue weighted by Gasteiger charge is 2.10. The number of anilines is 1. The molecule has 0 bridgehead atoms. The fourth-order valence-corrected chi connectivity index (χ4v) is 1.91. The van der Waals surface area contributed by atoms with E-state index < -0.39 is 5.97 Å². The number of nitrogens with two attached hydrogens (primary N) is 1. The molecule has 0 aliphatic rings. The first-order valence-corrected chi connectivity index (χ1v) is 5.76. The summed E-state index contributed by atoms with van der Waals surface area (Å²) in [5, 5.41) is 18.1. The van der Waals surface area contributed by atoms with Gasteiger partial charge in [-0.1, -0.05) is 6.92 Å². The molecule has 0 fully saturated rings. The zero-order valence-corrected chi connectivity index (χ0v) is 9.70. The SMILES string of the molecule is CC(CO)CSc1nc(C(=O)O)ccc1N. The molecule has 1 aromatic heterocycles. The fraction of sp³-hybridized carbons (Fsp3) is 0.400. The van der Waals surface area contributed by atoms with Crippen LogP contribution in [0.3, 0.4) is 0 Å². The first kappa shape index (κ1) is 12.8. The van der Waals surface area contributed by atoms with Crippen LogP contribution < -0.4 is 5.73 Å². The Morgan fingerprint density at radius 3 is 2.88 bits per heavy atom. The van der Waals surface area contributed by atoms with Crippen LogP contribution in [0.25, 0.3) is 0 Å². The smallest absolute Gasteiger partial charge is 0.354 e. The highest BCUT2D eigenvalue weighted by molar-refractivity contribution is 7.99. The van der Waals surface area contributed by atoms with Crippen LogP contribution in [0.4, 0.5) is 5.69 Å². The van der Waals surface area contributed by atoms with E-state index in [9.17, 15) is 4.79 Å². The largest absolute Gasteiger partial charge is 0.477 e. The maximum Gasteiger partial charge on any atom is 0.354 e. The normalized spacial score (nSPS) is 12.4. The number of rotatable bonds is 5. The van der Waals surface area contributed by atoms with Crippen molar-refractivity contribution in [3.8, 4) is 0 Å². The molecule has 0 aliphatic carbocycles. The van der Waals surface area contributed by atoms with E-state index in [1.807, 2.05) is 6.92 Å². The number of hydrogen-bond donors (Lipinski definition) is 3. The second-order valence-corrected chi connectivity index (χ2v) is 4.50. The Labute approximate surface area is 97.7 Å². The molecule has 0 spiro atoms. The van der Waals surface area contributed by atoms with Gasteiger partial charge in [0.25, 0.3) is 0 Å². The third kappa shape index (κ3) is 3.39. The van der Waals surface area contributed by atoms with Crippen molar-refractivity contribution in [3.63, 3.8) is 0 Å². The van der Waals surface area contributed by atoms with Crippen molar-refractivity contribution in [2.45, 2.75) is 11.9 Å². The summed E-state index contributed by atoms with van der Waals surface area (Å²) in [5.41, 5.74) is 6.12. The van der Waals surface area contributed by atoms with Gasteiger partial charge in [0.1, 0.15) is 10.7 Å². The van der Waals surface area contributed by atoms with Gasteiger partial charge in [0, 0.05) is 12.4 Å². The Morgan fingerprint density at radius 1 is 1.62 bits per heavy atom. The van der Waals surface area contributed by atoms with Gasteiger partial charge < -0.3 is 15.9 Å². The predicted molar refractivity (Wildman–Crippen MR) is 62.6 cm³/mol. The van der Waals surface area contributed by atoms with E-state index in [0.29, 0.717) is 16.5 Å². The average molecular weight is 242 g/mol. The van der Waals surface area contributed by atoms with Gasteiger partial charge in [-0.3, -0.25) is 0 Å². The second-order valence-electron chi connectivity index (χ2n) is 3.49. The Bertz CT molecular complexity index is 384. The molecule has 88 valence electrons. The predicted octanol–water partition coefficient (Wildman–Crippen LogP) is 1.08. The third-order valence-electron chi connectivity index (χ3n) is 1.93. The number of pyridine rings is 1. The Kier molecular flexibility index (Phi) is 4.57. The molecule has 1 unspecified atom stereocenters. The molecule has 0 saturated heterocycles. The van der Waals surface area contributed by atoms with E-state index in [2.05, 4.69) is 4.98 Å². The van der Waals surface area contributed by atoms with E-state index in [1.54, 1.807) is 0 Å². The summed E-state index contributed by atoms with van der Waals surface area (Å²) in [6.07, 6.45) is 0. The lowest BCUT2D eigenvalue weighted by atomic mass is 10.2. The van der Waals surface area contributed by atoms with Gasteiger partial charge in [-0.2, -0.15) is 0 Å². The number of aromatic nitrogens is 1. The second kappa shape index (κ2) is 5.72. The van der Waals surface area contributed by atoms with Crippen molar-refractivity contribution in [2.75, 3.05) is 18.1 Å².